The maximum Gasteiger partial charge on any atom is 0.253 e. The van der Waals surface area contributed by atoms with Crippen LogP contribution in [-0.4, -0.2) is 67.3 Å². The van der Waals surface area contributed by atoms with E-state index in [4.69, 9.17) is 0 Å². The smallest absolute Gasteiger partial charge is 0.253 e. The maximum absolute atomic E-state index is 12.3. The Morgan fingerprint density at radius 3 is 2.45 bits per heavy atom. The highest BCUT2D eigenvalue weighted by Gasteiger charge is 2.35. The molecule has 2 heterocycles. The lowest BCUT2D eigenvalue weighted by Gasteiger charge is -2.46. The highest BCUT2D eigenvalue weighted by atomic mass is 32.2. The van der Waals surface area contributed by atoms with Gasteiger partial charge in [0.05, 0.1) is 0 Å². The molecule has 2 saturated heterocycles. The summed E-state index contributed by atoms with van der Waals surface area (Å²) in [5.74, 6) is 0.170. The number of thioether (sulfide) groups is 1. The van der Waals surface area contributed by atoms with Crippen LogP contribution in [0.3, 0.4) is 0 Å². The molecular weight excluding hydrogens is 270 g/mol. The van der Waals surface area contributed by atoms with Gasteiger partial charge in [-0.2, -0.15) is 0 Å². The number of hydrogen-bond donors (Lipinski definition) is 1. The van der Waals surface area contributed by atoms with Gasteiger partial charge in [0.25, 0.3) is 5.91 Å². The summed E-state index contributed by atoms with van der Waals surface area (Å²) in [5, 5.41) is 3.36. The second-order valence-electron chi connectivity index (χ2n) is 5.38. The zero-order chi connectivity index (χ0) is 13.9. The normalized spacial score (nSPS) is 20.8. The molecule has 0 saturated carbocycles. The van der Waals surface area contributed by atoms with Crippen LogP contribution in [0.25, 0.3) is 0 Å². The van der Waals surface area contributed by atoms with E-state index in [1.165, 1.54) is 4.90 Å². The number of nitrogens with one attached hydrogen (secondary N) is 1. The van der Waals surface area contributed by atoms with E-state index in [1.807, 2.05) is 35.4 Å². The van der Waals surface area contributed by atoms with Crippen LogP contribution in [0.4, 0.5) is 0 Å². The van der Waals surface area contributed by atoms with E-state index < -0.39 is 0 Å². The molecule has 2 fully saturated rings. The SMILES string of the molecule is CSc1ccc(C(=O)N2CC(N3CCNCC3)C2)cc1. The fourth-order valence-corrected chi connectivity index (χ4v) is 3.22. The average molecular weight is 291 g/mol. The van der Waals surface area contributed by atoms with E-state index in [0.717, 1.165) is 44.8 Å². The first-order chi connectivity index (χ1) is 9.78. The third-order valence-electron chi connectivity index (χ3n) is 4.15. The average Bonchev–Trinajstić information content (AvgIpc) is 2.47. The predicted octanol–water partition coefficient (Wildman–Crippen LogP) is 1.14. The van der Waals surface area contributed by atoms with Gasteiger partial charge in [0.2, 0.25) is 0 Å². The van der Waals surface area contributed by atoms with Crippen molar-refractivity contribution in [1.82, 2.24) is 15.1 Å². The summed E-state index contributed by atoms with van der Waals surface area (Å²) >= 11 is 1.70. The molecule has 0 unspecified atom stereocenters. The minimum Gasteiger partial charge on any atom is -0.335 e. The first-order valence-electron chi connectivity index (χ1n) is 7.16. The molecular formula is C15H21N3OS. The van der Waals surface area contributed by atoms with Crippen molar-refractivity contribution >= 4 is 17.7 Å². The Bertz CT molecular complexity index is 465. The van der Waals surface area contributed by atoms with Gasteiger partial charge in [0.1, 0.15) is 0 Å². The molecule has 0 atom stereocenters. The standard InChI is InChI=1S/C15H21N3OS/c1-20-14-4-2-12(3-5-14)15(19)18-10-13(11-18)17-8-6-16-7-9-17/h2-5,13,16H,6-11H2,1H3. The fourth-order valence-electron chi connectivity index (χ4n) is 2.82. The summed E-state index contributed by atoms with van der Waals surface area (Å²) in [6, 6.07) is 8.47. The molecule has 1 N–H and O–H groups in total. The molecule has 0 radical (unpaired) electrons. The van der Waals surface area contributed by atoms with Crippen LogP contribution >= 0.6 is 11.8 Å². The summed E-state index contributed by atoms with van der Waals surface area (Å²) in [4.78, 5) is 18.0. The summed E-state index contributed by atoms with van der Waals surface area (Å²) in [7, 11) is 0. The Balaban J connectivity index is 1.54. The van der Waals surface area contributed by atoms with Crippen molar-refractivity contribution in [3.8, 4) is 0 Å². The van der Waals surface area contributed by atoms with E-state index in [-0.39, 0.29) is 5.91 Å². The number of piperazine rings is 1. The zero-order valence-electron chi connectivity index (χ0n) is 11.8. The molecule has 0 spiro atoms. The quantitative estimate of drug-likeness (QED) is 0.847. The van der Waals surface area contributed by atoms with Crippen molar-refractivity contribution in [2.24, 2.45) is 0 Å². The van der Waals surface area contributed by atoms with Gasteiger partial charge in [-0.1, -0.05) is 0 Å². The van der Waals surface area contributed by atoms with Gasteiger partial charge in [-0.05, 0) is 30.5 Å². The monoisotopic (exact) mass is 291 g/mol. The first-order valence-corrected chi connectivity index (χ1v) is 8.38. The minimum absolute atomic E-state index is 0.170. The first kappa shape index (κ1) is 13.9. The summed E-state index contributed by atoms with van der Waals surface area (Å²) < 4.78 is 0. The van der Waals surface area contributed by atoms with Crippen LogP contribution in [0.1, 0.15) is 10.4 Å². The number of nitrogens with zero attached hydrogens (tertiary/aromatic N) is 2. The highest BCUT2D eigenvalue weighted by Crippen LogP contribution is 2.20. The number of likely N-dealkylation sites (tertiary alicyclic amines) is 1. The number of amides is 1. The molecule has 5 heteroatoms. The van der Waals surface area contributed by atoms with Gasteiger partial charge in [0.15, 0.2) is 0 Å². The number of hydrogen-bond acceptors (Lipinski definition) is 4. The highest BCUT2D eigenvalue weighted by molar-refractivity contribution is 7.98. The molecule has 2 aliphatic heterocycles. The van der Waals surface area contributed by atoms with Gasteiger partial charge in [0, 0.05) is 55.8 Å². The molecule has 0 aromatic heterocycles. The topological polar surface area (TPSA) is 35.6 Å². The lowest BCUT2D eigenvalue weighted by molar-refractivity contribution is 0.0227. The maximum atomic E-state index is 12.3. The number of rotatable bonds is 3. The van der Waals surface area contributed by atoms with Crippen molar-refractivity contribution in [2.45, 2.75) is 10.9 Å². The van der Waals surface area contributed by atoms with Crippen molar-refractivity contribution in [2.75, 3.05) is 45.5 Å². The molecule has 0 aliphatic carbocycles. The van der Waals surface area contributed by atoms with Crippen LogP contribution < -0.4 is 5.32 Å². The molecule has 1 aromatic rings. The Labute approximate surface area is 124 Å². The molecule has 108 valence electrons. The Hall–Kier alpha value is -1.04. The van der Waals surface area contributed by atoms with Gasteiger partial charge in [-0.25, -0.2) is 0 Å². The van der Waals surface area contributed by atoms with Crippen LogP contribution in [-0.2, 0) is 0 Å². The van der Waals surface area contributed by atoms with Gasteiger partial charge in [-0.3, -0.25) is 9.69 Å². The third kappa shape index (κ3) is 2.85. The second kappa shape index (κ2) is 6.16. The fraction of sp³-hybridized carbons (Fsp3) is 0.533. The summed E-state index contributed by atoms with van der Waals surface area (Å²) in [6.07, 6.45) is 2.05. The molecule has 2 aliphatic rings. The van der Waals surface area contributed by atoms with Crippen molar-refractivity contribution < 1.29 is 4.79 Å². The molecule has 1 amide bonds. The second-order valence-corrected chi connectivity index (χ2v) is 6.26. The lowest BCUT2D eigenvalue weighted by Crippen LogP contribution is -2.63. The Kier molecular flexibility index (Phi) is 4.29. The molecule has 3 rings (SSSR count). The number of carbonyl (C=O) groups excluding carboxylic acids is 1. The molecule has 20 heavy (non-hydrogen) atoms. The lowest BCUT2D eigenvalue weighted by atomic mass is 10.0. The minimum atomic E-state index is 0.170. The zero-order valence-corrected chi connectivity index (χ0v) is 12.7. The van der Waals surface area contributed by atoms with E-state index >= 15 is 0 Å². The van der Waals surface area contributed by atoms with E-state index in [9.17, 15) is 4.79 Å². The van der Waals surface area contributed by atoms with Crippen LogP contribution in [0.2, 0.25) is 0 Å². The van der Waals surface area contributed by atoms with E-state index in [0.29, 0.717) is 6.04 Å². The van der Waals surface area contributed by atoms with Crippen molar-refractivity contribution in [1.29, 1.82) is 0 Å². The van der Waals surface area contributed by atoms with Crippen LogP contribution in [0, 0.1) is 0 Å². The summed E-state index contributed by atoms with van der Waals surface area (Å²) in [6.45, 7) is 6.11. The van der Waals surface area contributed by atoms with Gasteiger partial charge >= 0.3 is 0 Å². The van der Waals surface area contributed by atoms with Gasteiger partial charge < -0.3 is 10.2 Å². The van der Waals surface area contributed by atoms with Crippen LogP contribution in [0.5, 0.6) is 0 Å². The van der Waals surface area contributed by atoms with Crippen molar-refractivity contribution in [3.63, 3.8) is 0 Å². The van der Waals surface area contributed by atoms with Crippen molar-refractivity contribution in [3.05, 3.63) is 29.8 Å². The van der Waals surface area contributed by atoms with Crippen LogP contribution in [0.15, 0.2) is 29.2 Å². The molecule has 0 bridgehead atoms. The predicted molar refractivity (Wildman–Crippen MR) is 82.4 cm³/mol. The third-order valence-corrected chi connectivity index (χ3v) is 4.90. The number of carbonyl (C=O) groups is 1. The largest absolute Gasteiger partial charge is 0.335 e. The Morgan fingerprint density at radius 2 is 1.85 bits per heavy atom. The number of benzene rings is 1. The van der Waals surface area contributed by atoms with E-state index in [2.05, 4.69) is 10.2 Å². The molecule has 4 nitrogen and oxygen atoms in total. The van der Waals surface area contributed by atoms with E-state index in [1.54, 1.807) is 11.8 Å². The van der Waals surface area contributed by atoms with Gasteiger partial charge in [-0.15, -0.1) is 11.8 Å². The summed E-state index contributed by atoms with van der Waals surface area (Å²) in [5.41, 5.74) is 0.807. The Morgan fingerprint density at radius 1 is 1.20 bits per heavy atom. The molecule has 1 aromatic carbocycles.